The van der Waals surface area contributed by atoms with Crippen LogP contribution in [0.3, 0.4) is 0 Å². The largest absolute Gasteiger partial charge is 0.500 e. The molecule has 0 amide bonds. The molecule has 0 saturated carbocycles. The first-order valence-electron chi connectivity index (χ1n) is 8.72. The molecule has 0 bridgehead atoms. The number of hydrogen-bond acceptors (Lipinski definition) is 3. The van der Waals surface area contributed by atoms with Gasteiger partial charge in [0.25, 0.3) is 0 Å². The average molecular weight is 337 g/mol. The third-order valence-electron chi connectivity index (χ3n) is 3.97. The van der Waals surface area contributed by atoms with E-state index in [-0.39, 0.29) is 0 Å². The number of rotatable bonds is 13. The van der Waals surface area contributed by atoms with Gasteiger partial charge in [-0.25, -0.2) is 0 Å². The van der Waals surface area contributed by atoms with E-state index in [1.165, 1.54) is 37.7 Å². The zero-order chi connectivity index (χ0) is 16.8. The minimum absolute atomic E-state index is 0.526. The van der Waals surface area contributed by atoms with Gasteiger partial charge >= 0.3 is 8.80 Å². The van der Waals surface area contributed by atoms with Crippen molar-refractivity contribution in [1.29, 1.82) is 0 Å². The standard InChI is InChI=1S/C19H32O3Si/c1-4-5-6-7-8-12-18-23(20-2,21-3)22-17-13-16-19-14-10-9-11-15-19/h9-11,13-16H,4-8,12,17-18H2,1-3H3. The lowest BCUT2D eigenvalue weighted by molar-refractivity contribution is 0.109. The zero-order valence-corrected chi connectivity index (χ0v) is 15.9. The van der Waals surface area contributed by atoms with Crippen molar-refractivity contribution in [3.63, 3.8) is 0 Å². The molecule has 3 nitrogen and oxygen atoms in total. The summed E-state index contributed by atoms with van der Waals surface area (Å²) in [4.78, 5) is 0. The topological polar surface area (TPSA) is 27.7 Å². The monoisotopic (exact) mass is 336 g/mol. The summed E-state index contributed by atoms with van der Waals surface area (Å²) >= 11 is 0. The summed E-state index contributed by atoms with van der Waals surface area (Å²) in [6.07, 6.45) is 11.7. The lowest BCUT2D eigenvalue weighted by atomic mass is 10.1. The van der Waals surface area contributed by atoms with Crippen molar-refractivity contribution in [2.75, 3.05) is 20.8 Å². The van der Waals surface area contributed by atoms with E-state index in [4.69, 9.17) is 13.3 Å². The van der Waals surface area contributed by atoms with Gasteiger partial charge in [-0.05, 0) is 12.0 Å². The number of unbranched alkanes of at least 4 members (excludes halogenated alkanes) is 5. The summed E-state index contributed by atoms with van der Waals surface area (Å²) in [5, 5.41) is 0. The quantitative estimate of drug-likeness (QED) is 0.361. The van der Waals surface area contributed by atoms with E-state index in [1.54, 1.807) is 14.2 Å². The smallest absolute Gasteiger partial charge is 0.377 e. The summed E-state index contributed by atoms with van der Waals surface area (Å²) in [7, 11) is 0.903. The van der Waals surface area contributed by atoms with Gasteiger partial charge in [-0.15, -0.1) is 0 Å². The van der Waals surface area contributed by atoms with Crippen LogP contribution in [0.4, 0.5) is 0 Å². The summed E-state index contributed by atoms with van der Waals surface area (Å²) in [5.74, 6) is 0. The van der Waals surface area contributed by atoms with E-state index in [1.807, 2.05) is 24.3 Å². The van der Waals surface area contributed by atoms with Crippen LogP contribution >= 0.6 is 0 Å². The Morgan fingerprint density at radius 1 is 0.913 bits per heavy atom. The first kappa shape index (κ1) is 20.1. The van der Waals surface area contributed by atoms with E-state index in [9.17, 15) is 0 Å². The molecule has 23 heavy (non-hydrogen) atoms. The van der Waals surface area contributed by atoms with E-state index in [0.717, 1.165) is 12.5 Å². The predicted octanol–water partition coefficient (Wildman–Crippen LogP) is 5.31. The molecule has 0 heterocycles. The highest BCUT2D eigenvalue weighted by Crippen LogP contribution is 2.19. The van der Waals surface area contributed by atoms with Crippen LogP contribution < -0.4 is 0 Å². The molecule has 0 aliphatic rings. The van der Waals surface area contributed by atoms with Crippen molar-refractivity contribution >= 4 is 14.9 Å². The first-order chi connectivity index (χ1) is 11.3. The maximum absolute atomic E-state index is 5.99. The highest BCUT2D eigenvalue weighted by molar-refractivity contribution is 6.60. The maximum Gasteiger partial charge on any atom is 0.500 e. The molecular formula is C19H32O3Si. The first-order valence-corrected chi connectivity index (χ1v) is 10.7. The van der Waals surface area contributed by atoms with Crippen LogP contribution in [0, 0.1) is 0 Å². The fourth-order valence-corrected chi connectivity index (χ4v) is 4.51. The fraction of sp³-hybridized carbons (Fsp3) is 0.579. The Kier molecular flexibility index (Phi) is 10.9. The fourth-order valence-electron chi connectivity index (χ4n) is 2.52. The van der Waals surface area contributed by atoms with Crippen molar-refractivity contribution in [2.45, 2.75) is 51.5 Å². The van der Waals surface area contributed by atoms with Crippen LogP contribution in [-0.4, -0.2) is 29.6 Å². The van der Waals surface area contributed by atoms with Crippen LogP contribution in [0.1, 0.15) is 51.0 Å². The van der Waals surface area contributed by atoms with Gasteiger partial charge in [0, 0.05) is 20.3 Å². The van der Waals surface area contributed by atoms with Gasteiger partial charge in [0.2, 0.25) is 0 Å². The Labute approximate surface area is 143 Å². The van der Waals surface area contributed by atoms with Gasteiger partial charge in [0.15, 0.2) is 0 Å². The van der Waals surface area contributed by atoms with Crippen LogP contribution in [-0.2, 0) is 13.3 Å². The van der Waals surface area contributed by atoms with E-state index >= 15 is 0 Å². The lowest BCUT2D eigenvalue weighted by Crippen LogP contribution is -2.43. The van der Waals surface area contributed by atoms with Gasteiger partial charge < -0.3 is 13.3 Å². The van der Waals surface area contributed by atoms with Crippen molar-refractivity contribution in [2.24, 2.45) is 0 Å². The summed E-state index contributed by atoms with van der Waals surface area (Å²) in [6.45, 7) is 2.77. The SMILES string of the molecule is CCCCCCCC[Si](OC)(OC)OCC=Cc1ccccc1. The molecule has 1 aromatic carbocycles. The number of benzene rings is 1. The molecule has 1 rings (SSSR count). The van der Waals surface area contributed by atoms with Crippen molar-refractivity contribution in [3.8, 4) is 0 Å². The molecule has 0 aliphatic heterocycles. The van der Waals surface area contributed by atoms with Crippen molar-refractivity contribution in [1.82, 2.24) is 0 Å². The van der Waals surface area contributed by atoms with Gasteiger partial charge in [-0.2, -0.15) is 0 Å². The molecular weight excluding hydrogens is 304 g/mol. The van der Waals surface area contributed by atoms with E-state index in [0.29, 0.717) is 6.61 Å². The molecule has 0 aliphatic carbocycles. The van der Waals surface area contributed by atoms with Gasteiger partial charge in [0.1, 0.15) is 0 Å². The van der Waals surface area contributed by atoms with Crippen LogP contribution in [0.15, 0.2) is 36.4 Å². The van der Waals surface area contributed by atoms with Crippen molar-refractivity contribution < 1.29 is 13.3 Å². The second-order valence-electron chi connectivity index (χ2n) is 5.73. The molecule has 0 spiro atoms. The molecule has 0 unspecified atom stereocenters. The minimum Gasteiger partial charge on any atom is -0.377 e. The second-order valence-corrected chi connectivity index (χ2v) is 8.70. The van der Waals surface area contributed by atoms with Crippen molar-refractivity contribution in [3.05, 3.63) is 42.0 Å². The van der Waals surface area contributed by atoms with E-state index in [2.05, 4.69) is 25.1 Å². The van der Waals surface area contributed by atoms with Gasteiger partial charge in [-0.3, -0.25) is 0 Å². The molecule has 130 valence electrons. The normalized spacial score (nSPS) is 12.1. The Bertz CT molecular complexity index is 416. The van der Waals surface area contributed by atoms with Crippen LogP contribution in [0.25, 0.3) is 6.08 Å². The molecule has 0 aromatic heterocycles. The highest BCUT2D eigenvalue weighted by atomic mass is 28.4. The summed E-state index contributed by atoms with van der Waals surface area (Å²) < 4.78 is 17.2. The van der Waals surface area contributed by atoms with E-state index < -0.39 is 8.80 Å². The Hall–Kier alpha value is -0.943. The maximum atomic E-state index is 5.99. The Morgan fingerprint density at radius 2 is 1.57 bits per heavy atom. The third-order valence-corrected chi connectivity index (χ3v) is 6.78. The second kappa shape index (κ2) is 12.5. The van der Waals surface area contributed by atoms with Gasteiger partial charge in [-0.1, -0.05) is 81.5 Å². The van der Waals surface area contributed by atoms with Crippen LogP contribution in [0.5, 0.6) is 0 Å². The molecule has 0 N–H and O–H groups in total. The lowest BCUT2D eigenvalue weighted by Gasteiger charge is -2.25. The average Bonchev–Trinajstić information content (AvgIpc) is 2.61. The molecule has 0 saturated heterocycles. The molecule has 4 heteroatoms. The molecule has 0 radical (unpaired) electrons. The molecule has 1 aromatic rings. The Balaban J connectivity index is 2.33. The summed E-state index contributed by atoms with van der Waals surface area (Å²) in [6, 6.07) is 11.1. The summed E-state index contributed by atoms with van der Waals surface area (Å²) in [5.41, 5.74) is 1.18. The number of hydrogen-bond donors (Lipinski definition) is 0. The Morgan fingerprint density at radius 3 is 2.22 bits per heavy atom. The predicted molar refractivity (Wildman–Crippen MR) is 99.4 cm³/mol. The third kappa shape index (κ3) is 8.46. The minimum atomic E-state index is -2.50. The van der Waals surface area contributed by atoms with Crippen LogP contribution in [0.2, 0.25) is 6.04 Å². The zero-order valence-electron chi connectivity index (χ0n) is 14.9. The highest BCUT2D eigenvalue weighted by Gasteiger charge is 2.37. The molecule has 0 atom stereocenters. The molecule has 0 fully saturated rings. The van der Waals surface area contributed by atoms with Gasteiger partial charge in [0.05, 0.1) is 6.61 Å².